The molecule has 25 atom stereocenters. The van der Waals surface area contributed by atoms with Crippen molar-refractivity contribution in [3.63, 3.8) is 0 Å². The number of ether oxygens (including phenoxy) is 6. The van der Waals surface area contributed by atoms with E-state index in [4.69, 9.17) is 28.4 Å². The lowest BCUT2D eigenvalue weighted by Crippen LogP contribution is -2.84. The Hall–Kier alpha value is -2.30. The van der Waals surface area contributed by atoms with E-state index in [2.05, 4.69) is 68.6 Å². The lowest BCUT2D eigenvalue weighted by Gasteiger charge is -2.72. The molecule has 9 aliphatic rings. The maximum Gasteiger partial charge on any atom is 0.318 e. The highest BCUT2D eigenvalue weighted by Gasteiger charge is 2.77. The van der Waals surface area contributed by atoms with Crippen molar-refractivity contribution in [2.45, 2.75) is 248 Å². The molecule has 1 aromatic rings. The number of hydrogen-bond donors (Lipinski definition) is 11. The van der Waals surface area contributed by atoms with E-state index >= 15 is 4.79 Å². The van der Waals surface area contributed by atoms with Gasteiger partial charge in [0, 0.05) is 27.4 Å². The zero-order valence-corrected chi connectivity index (χ0v) is 51.3. The number of carbonyl (C=O) groups is 3. The normalized spacial score (nSPS) is 48.1. The van der Waals surface area contributed by atoms with E-state index in [1.807, 2.05) is 31.2 Å². The van der Waals surface area contributed by atoms with Crippen LogP contribution in [0.1, 0.15) is 155 Å². The molecule has 4 heterocycles. The van der Waals surface area contributed by atoms with Crippen molar-refractivity contribution in [2.75, 3.05) is 19.8 Å². The molecule has 83 heavy (non-hydrogen) atoms. The van der Waals surface area contributed by atoms with Crippen LogP contribution in [0.2, 0.25) is 0 Å². The van der Waals surface area contributed by atoms with E-state index in [0.29, 0.717) is 63.4 Å². The summed E-state index contributed by atoms with van der Waals surface area (Å²) in [6, 6.07) is 6.17. The second kappa shape index (κ2) is 23.6. The number of rotatable bonds is 16. The molecule has 8 fully saturated rings. The lowest BCUT2D eigenvalue weighted by molar-refractivity contribution is -0.472. The number of aliphatic hydroxyl groups is 10. The molecule has 11 N–H and O–H groups in total. The zero-order valence-electron chi connectivity index (χ0n) is 49.1. The number of Topliss-reactive ketones (excluding diaryl/α,β-unsaturated/α-hetero) is 1. The average Bonchev–Trinajstić information content (AvgIpc) is 2.22. The highest BCUT2D eigenvalue weighted by molar-refractivity contribution is 14.1. The molecule has 10 rings (SSSR count). The maximum atomic E-state index is 16.1. The van der Waals surface area contributed by atoms with Crippen LogP contribution in [0.5, 0.6) is 0 Å². The van der Waals surface area contributed by atoms with Crippen LogP contribution in [0, 0.1) is 53.8 Å². The summed E-state index contributed by atoms with van der Waals surface area (Å²) in [7, 11) is 0. The molecule has 0 aromatic heterocycles. The van der Waals surface area contributed by atoms with Gasteiger partial charge >= 0.3 is 5.97 Å². The van der Waals surface area contributed by atoms with Crippen molar-refractivity contribution >= 4 is 40.3 Å². The monoisotopic (exact) mass is 1280 g/mol. The van der Waals surface area contributed by atoms with Crippen LogP contribution < -0.4 is 5.32 Å². The van der Waals surface area contributed by atoms with E-state index in [9.17, 15) is 60.7 Å². The second-order valence-corrected chi connectivity index (χ2v) is 29.4. The summed E-state index contributed by atoms with van der Waals surface area (Å²) in [5, 5.41) is 117. The van der Waals surface area contributed by atoms with Gasteiger partial charge in [-0.05, 0) is 152 Å². The number of carbonyl (C=O) groups excluding carboxylic acids is 3. The van der Waals surface area contributed by atoms with Crippen molar-refractivity contribution in [2.24, 2.45) is 50.2 Å². The van der Waals surface area contributed by atoms with Gasteiger partial charge in [0.05, 0.1) is 44.2 Å². The zero-order chi connectivity index (χ0) is 60.1. The molecule has 466 valence electrons. The average molecular weight is 1280 g/mol. The predicted molar refractivity (Wildman–Crippen MR) is 305 cm³/mol. The molecule has 0 spiro atoms. The van der Waals surface area contributed by atoms with Crippen molar-refractivity contribution in [3.8, 4) is 0 Å². The van der Waals surface area contributed by atoms with Crippen LogP contribution in [-0.4, -0.2) is 192 Å². The third-order valence-electron chi connectivity index (χ3n) is 23.1. The number of halogens is 1. The Morgan fingerprint density at radius 1 is 0.747 bits per heavy atom. The number of ketones is 1. The number of aliphatic hydroxyl groups excluding tert-OH is 10. The fraction of sp³-hybridized carbons (Fsp3) is 0.823. The van der Waals surface area contributed by atoms with E-state index in [0.717, 1.165) is 28.4 Å². The molecule has 4 aliphatic heterocycles. The third kappa shape index (κ3) is 10.5. The van der Waals surface area contributed by atoms with Gasteiger partial charge in [-0.3, -0.25) is 14.4 Å². The first-order valence-electron chi connectivity index (χ1n) is 30.5. The molecule has 21 heteroatoms. The fourth-order valence-electron chi connectivity index (χ4n) is 17.9. The van der Waals surface area contributed by atoms with E-state index < -0.39 is 151 Å². The Morgan fingerprint density at radius 3 is 2.13 bits per heavy atom. The van der Waals surface area contributed by atoms with Gasteiger partial charge in [-0.2, -0.15) is 0 Å². The van der Waals surface area contributed by atoms with Crippen LogP contribution in [0.25, 0.3) is 0 Å². The molecule has 14 unspecified atom stereocenters. The Labute approximate surface area is 500 Å². The first-order chi connectivity index (χ1) is 39.1. The number of benzene rings is 1. The van der Waals surface area contributed by atoms with E-state index in [1.54, 1.807) is 0 Å². The summed E-state index contributed by atoms with van der Waals surface area (Å²) in [4.78, 5) is 42.4. The van der Waals surface area contributed by atoms with Gasteiger partial charge in [0.15, 0.2) is 24.3 Å². The smallest absolute Gasteiger partial charge is 0.318 e. The van der Waals surface area contributed by atoms with Crippen molar-refractivity contribution in [1.82, 2.24) is 5.32 Å². The molecule has 0 bridgehead atoms. The second-order valence-electron chi connectivity index (χ2n) is 28.2. The Balaban J connectivity index is 0.921. The van der Waals surface area contributed by atoms with E-state index in [1.165, 1.54) is 6.92 Å². The lowest BCUT2D eigenvalue weighted by atomic mass is 9.33. The molecule has 4 saturated carbocycles. The van der Waals surface area contributed by atoms with Crippen LogP contribution in [0.4, 0.5) is 0 Å². The molecule has 5 aliphatic carbocycles. The number of allylic oxidation sites excluding steroid dienone is 2. The van der Waals surface area contributed by atoms with Crippen LogP contribution in [0.3, 0.4) is 0 Å². The summed E-state index contributed by atoms with van der Waals surface area (Å²) in [5.41, 5.74) is -2.06. The van der Waals surface area contributed by atoms with Gasteiger partial charge in [0.25, 0.3) is 5.79 Å². The topological polar surface area (TPSA) is 321 Å². The summed E-state index contributed by atoms with van der Waals surface area (Å²) in [5.74, 6) is -4.11. The highest BCUT2D eigenvalue weighted by atomic mass is 127. The predicted octanol–water partition coefficient (Wildman–Crippen LogP) is 3.50. The standard InChI is InChI=1S/C62H92INO19/c1-31-50(81-54-49(76)45(72)37(68)29-78-54)47(74)48(75)52(79-31)62(53-51(82-62)46(73)44(38(28-65)80-53)64-43(71)13-11-9-8-10-12-36(67)32-14-16-33(63)17-15-32)83-55(77)61-25-24-56(2,3)26-35(61)34-18-19-40-57(4)22-21-41(69)58(5,30-66)39(57)20-23-59(40,6)60(34,7)27-42(61)70/h14-18,31,35,37-42,44-54,65-66,68-70,72-76H,8-13,19-30H2,1-7H3,(H,64,71)/t31-,35?,37?,38+,39-,40?,41+,42+,44?,45?,46?,47?,48?,49?,50?,51?,52-,53-,54+,57?,58-,59+,60-,61?,62?/m1/s1. The quantitative estimate of drug-likeness (QED) is 0.0371. The summed E-state index contributed by atoms with van der Waals surface area (Å²) in [6.07, 6.45) is -12.2. The van der Waals surface area contributed by atoms with E-state index in [-0.39, 0.29) is 59.7 Å². The van der Waals surface area contributed by atoms with Gasteiger partial charge in [-0.25, -0.2) is 0 Å². The van der Waals surface area contributed by atoms with Gasteiger partial charge in [0.2, 0.25) is 5.91 Å². The van der Waals surface area contributed by atoms with Crippen LogP contribution >= 0.6 is 22.6 Å². The molecule has 1 amide bonds. The van der Waals surface area contributed by atoms with Gasteiger partial charge in [-0.15, -0.1) is 0 Å². The minimum Gasteiger partial charge on any atom is -0.426 e. The minimum atomic E-state index is -2.48. The molecular formula is C62H92INO19. The van der Waals surface area contributed by atoms with Gasteiger partial charge in [-0.1, -0.05) is 78.2 Å². The van der Waals surface area contributed by atoms with Crippen molar-refractivity contribution < 1.29 is 93.9 Å². The maximum absolute atomic E-state index is 16.1. The molecule has 1 aromatic carbocycles. The number of nitrogens with one attached hydrogen (secondary N) is 1. The Morgan fingerprint density at radius 2 is 1.45 bits per heavy atom. The number of hydrogen-bond acceptors (Lipinski definition) is 19. The third-order valence-corrected chi connectivity index (χ3v) is 23.8. The Kier molecular flexibility index (Phi) is 18.1. The highest BCUT2D eigenvalue weighted by Crippen LogP contribution is 2.76. The molecule has 20 nitrogen and oxygen atoms in total. The SMILES string of the molecule is C[C@H]1O[C@@H](C2(OC(=O)C34CCC(C)(C)CC3C3=CCC5C6(C)CC[C@H](O)[C@](C)(CO)[C@@H]6CC[C@]5(C)[C@]3(C)C[C@@H]4O)OC3C(O)C(NC(=O)CCCCCCC(=O)c4ccc(I)cc4)[C@H](CO)O[C@H]32)C(O)C(O)C1O[C@@H]1OCC(O)C(O)C1O. The number of fused-ring (bicyclic) bond motifs is 8. The van der Waals surface area contributed by atoms with Crippen LogP contribution in [-0.2, 0) is 38.0 Å². The van der Waals surface area contributed by atoms with Gasteiger partial charge < -0.3 is 84.8 Å². The molecule has 0 radical (unpaired) electrons. The number of esters is 1. The van der Waals surface area contributed by atoms with Crippen molar-refractivity contribution in [3.05, 3.63) is 45.0 Å². The number of unbranched alkanes of at least 4 members (excludes halogenated alkanes) is 3. The van der Waals surface area contributed by atoms with Crippen LogP contribution in [0.15, 0.2) is 35.9 Å². The first kappa shape index (κ1) is 63.7. The van der Waals surface area contributed by atoms with Gasteiger partial charge in [0.1, 0.15) is 60.4 Å². The molecule has 4 saturated heterocycles. The summed E-state index contributed by atoms with van der Waals surface area (Å²) in [6.45, 7) is 13.4. The molecular weight excluding hydrogens is 1190 g/mol. The number of amides is 1. The Bertz CT molecular complexity index is 2570. The minimum absolute atomic E-state index is 0.0483. The van der Waals surface area contributed by atoms with Crippen molar-refractivity contribution in [1.29, 1.82) is 0 Å². The largest absolute Gasteiger partial charge is 0.426 e. The summed E-state index contributed by atoms with van der Waals surface area (Å²) >= 11 is 2.19. The fourth-order valence-corrected chi connectivity index (χ4v) is 18.2. The summed E-state index contributed by atoms with van der Waals surface area (Å²) < 4.78 is 39.0. The first-order valence-corrected chi connectivity index (χ1v) is 31.6.